The summed E-state index contributed by atoms with van der Waals surface area (Å²) in [5.74, 6) is -0.217. The van der Waals surface area contributed by atoms with Gasteiger partial charge in [0.15, 0.2) is 6.10 Å². The van der Waals surface area contributed by atoms with Crippen molar-refractivity contribution in [3.8, 4) is 0 Å². The zero-order valence-corrected chi connectivity index (χ0v) is 16.7. The van der Waals surface area contributed by atoms with E-state index in [0.717, 1.165) is 38.5 Å². The SMILES string of the molecule is C=CC(=O)OCCCCOC1CCC(C(=O)O[C@H]2CO[C@H]3[C@@H]2OC[C@H]3C)CC1. The average Bonchev–Trinajstić information content (AvgIpc) is 3.28. The minimum atomic E-state index is -0.389. The van der Waals surface area contributed by atoms with Gasteiger partial charge in [0.05, 0.1) is 37.9 Å². The molecule has 0 amide bonds. The second kappa shape index (κ2) is 10.4. The number of hydrogen-bond donors (Lipinski definition) is 0. The van der Waals surface area contributed by atoms with Gasteiger partial charge in [-0.05, 0) is 38.5 Å². The van der Waals surface area contributed by atoms with Gasteiger partial charge in [-0.1, -0.05) is 13.5 Å². The highest BCUT2D eigenvalue weighted by atomic mass is 16.6. The summed E-state index contributed by atoms with van der Waals surface area (Å²) < 4.78 is 28.0. The zero-order chi connectivity index (χ0) is 19.9. The van der Waals surface area contributed by atoms with Crippen LogP contribution in [0.5, 0.6) is 0 Å². The first-order valence-electron chi connectivity index (χ1n) is 10.4. The lowest BCUT2D eigenvalue weighted by molar-refractivity contribution is -0.160. The number of unbranched alkanes of at least 4 members (excludes halogenated alkanes) is 1. The van der Waals surface area contributed by atoms with E-state index in [1.54, 1.807) is 0 Å². The highest BCUT2D eigenvalue weighted by molar-refractivity contribution is 5.81. The van der Waals surface area contributed by atoms with Crippen LogP contribution in [0.15, 0.2) is 12.7 Å². The second-order valence-corrected chi connectivity index (χ2v) is 7.97. The van der Waals surface area contributed by atoms with Crippen molar-refractivity contribution < 1.29 is 33.3 Å². The number of ether oxygens (including phenoxy) is 5. The molecular formula is C21H32O7. The van der Waals surface area contributed by atoms with E-state index in [9.17, 15) is 9.59 Å². The average molecular weight is 396 g/mol. The van der Waals surface area contributed by atoms with E-state index in [1.165, 1.54) is 6.08 Å². The van der Waals surface area contributed by atoms with Crippen molar-refractivity contribution in [2.75, 3.05) is 26.4 Å². The lowest BCUT2D eigenvalue weighted by atomic mass is 9.87. The van der Waals surface area contributed by atoms with Crippen LogP contribution in [0, 0.1) is 11.8 Å². The van der Waals surface area contributed by atoms with E-state index in [4.69, 9.17) is 23.7 Å². The van der Waals surface area contributed by atoms with Crippen molar-refractivity contribution in [1.29, 1.82) is 0 Å². The molecule has 0 radical (unpaired) electrons. The quantitative estimate of drug-likeness (QED) is 0.336. The molecule has 0 spiro atoms. The molecule has 1 saturated carbocycles. The third kappa shape index (κ3) is 5.55. The van der Waals surface area contributed by atoms with Gasteiger partial charge in [-0.2, -0.15) is 0 Å². The van der Waals surface area contributed by atoms with Crippen molar-refractivity contribution in [2.24, 2.45) is 11.8 Å². The molecule has 0 aromatic carbocycles. The summed E-state index contributed by atoms with van der Waals surface area (Å²) in [7, 11) is 0. The molecule has 0 unspecified atom stereocenters. The first kappa shape index (κ1) is 21.3. The molecule has 2 saturated heterocycles. The van der Waals surface area contributed by atoms with Crippen LogP contribution in [0.1, 0.15) is 45.4 Å². The molecule has 0 bridgehead atoms. The Morgan fingerprint density at radius 3 is 2.50 bits per heavy atom. The summed E-state index contributed by atoms with van der Waals surface area (Å²) in [6.07, 6.45) is 5.97. The Labute approximate surface area is 166 Å². The monoisotopic (exact) mass is 396 g/mol. The van der Waals surface area contributed by atoms with Gasteiger partial charge in [-0.3, -0.25) is 4.79 Å². The van der Waals surface area contributed by atoms with E-state index in [2.05, 4.69) is 13.5 Å². The fourth-order valence-electron chi connectivity index (χ4n) is 4.15. The van der Waals surface area contributed by atoms with Crippen LogP contribution in [0.3, 0.4) is 0 Å². The van der Waals surface area contributed by atoms with Gasteiger partial charge in [0.25, 0.3) is 0 Å². The van der Waals surface area contributed by atoms with Crippen molar-refractivity contribution in [3.05, 3.63) is 12.7 Å². The topological polar surface area (TPSA) is 80.3 Å². The molecular weight excluding hydrogens is 364 g/mol. The molecule has 4 atom stereocenters. The molecule has 0 aromatic rings. The van der Waals surface area contributed by atoms with Crippen molar-refractivity contribution in [3.63, 3.8) is 0 Å². The van der Waals surface area contributed by atoms with E-state index in [1.807, 2.05) is 0 Å². The van der Waals surface area contributed by atoms with Crippen LogP contribution >= 0.6 is 0 Å². The molecule has 0 N–H and O–H groups in total. The van der Waals surface area contributed by atoms with Crippen LogP contribution in [0.25, 0.3) is 0 Å². The van der Waals surface area contributed by atoms with Crippen LogP contribution in [-0.2, 0) is 33.3 Å². The largest absolute Gasteiger partial charge is 0.463 e. The summed E-state index contributed by atoms with van der Waals surface area (Å²) in [5, 5.41) is 0. The number of carbonyl (C=O) groups excluding carboxylic acids is 2. The van der Waals surface area contributed by atoms with Gasteiger partial charge >= 0.3 is 11.9 Å². The number of fused-ring (bicyclic) bond motifs is 1. The summed E-state index contributed by atoms with van der Waals surface area (Å²) >= 11 is 0. The van der Waals surface area contributed by atoms with Gasteiger partial charge in [-0.15, -0.1) is 0 Å². The highest BCUT2D eigenvalue weighted by Gasteiger charge is 2.48. The molecule has 3 rings (SSSR count). The minimum Gasteiger partial charge on any atom is -0.463 e. The van der Waals surface area contributed by atoms with Gasteiger partial charge in [-0.25, -0.2) is 4.79 Å². The summed E-state index contributed by atoms with van der Waals surface area (Å²) in [5.41, 5.74) is 0. The molecule has 1 aliphatic carbocycles. The number of carbonyl (C=O) groups is 2. The van der Waals surface area contributed by atoms with Gasteiger partial charge < -0.3 is 23.7 Å². The standard InChI is InChI=1S/C21H32O7/c1-3-18(22)25-11-5-4-10-24-16-8-6-15(7-9-16)21(23)28-17-13-27-19-14(2)12-26-20(17)19/h3,14-17,19-20H,1,4-13H2,2H3/t14-,15?,16?,17+,19-,20-/m1/s1. The summed E-state index contributed by atoms with van der Waals surface area (Å²) in [6.45, 7) is 7.60. The molecule has 3 fully saturated rings. The fraction of sp³-hybridized carbons (Fsp3) is 0.810. The smallest absolute Gasteiger partial charge is 0.330 e. The molecule has 3 aliphatic rings. The van der Waals surface area contributed by atoms with Crippen molar-refractivity contribution >= 4 is 11.9 Å². The lowest BCUT2D eigenvalue weighted by Gasteiger charge is -2.28. The Morgan fingerprint density at radius 1 is 1.04 bits per heavy atom. The van der Waals surface area contributed by atoms with E-state index >= 15 is 0 Å². The molecule has 28 heavy (non-hydrogen) atoms. The molecule has 7 nitrogen and oxygen atoms in total. The lowest BCUT2D eigenvalue weighted by Crippen LogP contribution is -2.36. The zero-order valence-electron chi connectivity index (χ0n) is 16.7. The van der Waals surface area contributed by atoms with Crippen LogP contribution < -0.4 is 0 Å². The Kier molecular flexibility index (Phi) is 7.88. The normalized spacial score (nSPS) is 34.6. The van der Waals surface area contributed by atoms with Gasteiger partial charge in [0, 0.05) is 18.6 Å². The molecule has 2 aliphatic heterocycles. The van der Waals surface area contributed by atoms with Gasteiger partial charge in [0.1, 0.15) is 6.10 Å². The van der Waals surface area contributed by atoms with Crippen LogP contribution in [0.2, 0.25) is 0 Å². The van der Waals surface area contributed by atoms with Crippen molar-refractivity contribution in [2.45, 2.75) is 69.9 Å². The number of rotatable bonds is 9. The predicted octanol–water partition coefficient (Wildman–Crippen LogP) is 2.42. The maximum atomic E-state index is 12.5. The molecule has 7 heteroatoms. The predicted molar refractivity (Wildman–Crippen MR) is 101 cm³/mol. The third-order valence-corrected chi connectivity index (χ3v) is 5.83. The first-order valence-corrected chi connectivity index (χ1v) is 10.4. The summed E-state index contributed by atoms with van der Waals surface area (Å²) in [4.78, 5) is 23.5. The van der Waals surface area contributed by atoms with E-state index < -0.39 is 0 Å². The first-order chi connectivity index (χ1) is 13.6. The minimum absolute atomic E-state index is 0.0576. The Morgan fingerprint density at radius 2 is 1.75 bits per heavy atom. The second-order valence-electron chi connectivity index (χ2n) is 7.97. The maximum Gasteiger partial charge on any atom is 0.330 e. The van der Waals surface area contributed by atoms with Gasteiger partial charge in [0.2, 0.25) is 0 Å². The van der Waals surface area contributed by atoms with E-state index in [-0.39, 0.29) is 42.3 Å². The van der Waals surface area contributed by atoms with Crippen molar-refractivity contribution in [1.82, 2.24) is 0 Å². The molecule has 0 aromatic heterocycles. The molecule has 2 heterocycles. The highest BCUT2D eigenvalue weighted by Crippen LogP contribution is 2.34. The van der Waals surface area contributed by atoms with Crippen LogP contribution in [-0.4, -0.2) is 62.8 Å². The number of esters is 2. The fourth-order valence-corrected chi connectivity index (χ4v) is 4.15. The maximum absolute atomic E-state index is 12.5. The summed E-state index contributed by atoms with van der Waals surface area (Å²) in [6, 6.07) is 0. The molecule has 158 valence electrons. The Hall–Kier alpha value is -1.44. The Balaban J connectivity index is 1.27. The number of hydrogen-bond acceptors (Lipinski definition) is 7. The third-order valence-electron chi connectivity index (χ3n) is 5.83. The van der Waals surface area contributed by atoms with E-state index in [0.29, 0.717) is 32.3 Å². The Bertz CT molecular complexity index is 541. The van der Waals surface area contributed by atoms with Crippen LogP contribution in [0.4, 0.5) is 0 Å².